The Labute approximate surface area is 149 Å². The summed E-state index contributed by atoms with van der Waals surface area (Å²) < 4.78 is 5.24. The SMILES string of the molecule is C=C[C@H]1CCN(C(=O)[C@@H](NC(=O)OC(C)(C)C)C(C)(C)C)[C@@H]1C(=O)O. The molecule has 0 radical (unpaired) electrons. The van der Waals surface area contributed by atoms with Gasteiger partial charge in [-0.25, -0.2) is 9.59 Å². The number of ether oxygens (including phenoxy) is 1. The van der Waals surface area contributed by atoms with Crippen LogP contribution in [0.2, 0.25) is 0 Å². The Morgan fingerprint density at radius 2 is 1.80 bits per heavy atom. The molecule has 0 aromatic heterocycles. The molecule has 7 nitrogen and oxygen atoms in total. The van der Waals surface area contributed by atoms with E-state index in [1.165, 1.54) is 4.90 Å². The Morgan fingerprint density at radius 1 is 1.24 bits per heavy atom. The molecule has 1 fully saturated rings. The Bertz CT molecular complexity index is 545. The van der Waals surface area contributed by atoms with Crippen LogP contribution in [0.5, 0.6) is 0 Å². The van der Waals surface area contributed by atoms with Crippen LogP contribution < -0.4 is 5.32 Å². The topological polar surface area (TPSA) is 95.9 Å². The highest BCUT2D eigenvalue weighted by Gasteiger charge is 2.45. The number of rotatable bonds is 4. The molecule has 3 atom stereocenters. The van der Waals surface area contributed by atoms with Crippen molar-refractivity contribution in [3.63, 3.8) is 0 Å². The molecule has 142 valence electrons. The lowest BCUT2D eigenvalue weighted by Crippen LogP contribution is -2.57. The lowest BCUT2D eigenvalue weighted by molar-refractivity contribution is -0.151. The Kier molecular flexibility index (Phi) is 6.26. The Hall–Kier alpha value is -2.05. The molecule has 0 bridgehead atoms. The molecule has 2 N–H and O–H groups in total. The van der Waals surface area contributed by atoms with Gasteiger partial charge < -0.3 is 20.1 Å². The van der Waals surface area contributed by atoms with E-state index in [4.69, 9.17) is 4.74 Å². The highest BCUT2D eigenvalue weighted by molar-refractivity contribution is 5.90. The van der Waals surface area contributed by atoms with Crippen molar-refractivity contribution < 1.29 is 24.2 Å². The number of nitrogens with one attached hydrogen (secondary N) is 1. The van der Waals surface area contributed by atoms with Crippen LogP contribution in [-0.2, 0) is 14.3 Å². The maximum atomic E-state index is 13.0. The van der Waals surface area contributed by atoms with Crippen molar-refractivity contribution in [1.29, 1.82) is 0 Å². The summed E-state index contributed by atoms with van der Waals surface area (Å²) in [5, 5.41) is 12.1. The predicted molar refractivity (Wildman–Crippen MR) is 94.1 cm³/mol. The van der Waals surface area contributed by atoms with E-state index in [1.807, 2.05) is 20.8 Å². The second-order valence-corrected chi connectivity index (χ2v) is 8.45. The van der Waals surface area contributed by atoms with Gasteiger partial charge in [-0.15, -0.1) is 6.58 Å². The number of carboxylic acid groups (broad SMARTS) is 1. The predicted octanol–water partition coefficient (Wildman–Crippen LogP) is 2.41. The molecule has 0 aromatic carbocycles. The number of likely N-dealkylation sites (tertiary alicyclic amines) is 1. The van der Waals surface area contributed by atoms with Gasteiger partial charge in [0.2, 0.25) is 5.91 Å². The van der Waals surface area contributed by atoms with E-state index in [0.29, 0.717) is 13.0 Å². The summed E-state index contributed by atoms with van der Waals surface area (Å²) in [5.41, 5.74) is -1.30. The Balaban J connectivity index is 3.03. The van der Waals surface area contributed by atoms with Crippen LogP contribution in [-0.4, -0.2) is 52.2 Å². The van der Waals surface area contributed by atoms with Gasteiger partial charge >= 0.3 is 12.1 Å². The van der Waals surface area contributed by atoms with Crippen LogP contribution >= 0.6 is 0 Å². The summed E-state index contributed by atoms with van der Waals surface area (Å²) in [4.78, 5) is 38.1. The fourth-order valence-corrected chi connectivity index (χ4v) is 2.87. The first-order valence-corrected chi connectivity index (χ1v) is 8.43. The second-order valence-electron chi connectivity index (χ2n) is 8.45. The summed E-state index contributed by atoms with van der Waals surface area (Å²) in [6.45, 7) is 14.6. The van der Waals surface area contributed by atoms with E-state index in [2.05, 4.69) is 11.9 Å². The van der Waals surface area contributed by atoms with E-state index in [1.54, 1.807) is 26.8 Å². The molecule has 1 saturated heterocycles. The van der Waals surface area contributed by atoms with Crippen LogP contribution in [0.4, 0.5) is 4.79 Å². The summed E-state index contributed by atoms with van der Waals surface area (Å²) in [6, 6.07) is -1.86. The van der Waals surface area contributed by atoms with Gasteiger partial charge in [0.25, 0.3) is 0 Å². The fourth-order valence-electron chi connectivity index (χ4n) is 2.87. The molecule has 0 saturated carbocycles. The number of hydrogen-bond donors (Lipinski definition) is 2. The average Bonchev–Trinajstić information content (AvgIpc) is 2.84. The number of aliphatic carboxylic acids is 1. The third kappa shape index (κ3) is 5.47. The summed E-state index contributed by atoms with van der Waals surface area (Å²) in [6.07, 6.45) is 1.40. The minimum absolute atomic E-state index is 0.302. The van der Waals surface area contributed by atoms with Gasteiger partial charge in [-0.2, -0.15) is 0 Å². The van der Waals surface area contributed by atoms with Crippen molar-refractivity contribution in [3.8, 4) is 0 Å². The van der Waals surface area contributed by atoms with Crippen molar-refractivity contribution in [1.82, 2.24) is 10.2 Å². The highest BCUT2D eigenvalue weighted by atomic mass is 16.6. The number of amides is 2. The van der Waals surface area contributed by atoms with Gasteiger partial charge in [-0.1, -0.05) is 26.8 Å². The summed E-state index contributed by atoms with van der Waals surface area (Å²) in [7, 11) is 0. The molecule has 1 rings (SSSR count). The van der Waals surface area contributed by atoms with Gasteiger partial charge in [0, 0.05) is 12.5 Å². The highest BCUT2D eigenvalue weighted by Crippen LogP contribution is 2.29. The van der Waals surface area contributed by atoms with Crippen molar-refractivity contribution in [2.45, 2.75) is 65.6 Å². The van der Waals surface area contributed by atoms with Crippen molar-refractivity contribution in [3.05, 3.63) is 12.7 Å². The minimum Gasteiger partial charge on any atom is -0.480 e. The first-order chi connectivity index (χ1) is 11.3. The molecular formula is C18H30N2O5. The lowest BCUT2D eigenvalue weighted by atomic mass is 9.85. The first-order valence-electron chi connectivity index (χ1n) is 8.43. The molecule has 0 unspecified atom stereocenters. The molecule has 1 heterocycles. The second kappa shape index (κ2) is 7.45. The maximum absolute atomic E-state index is 13.0. The monoisotopic (exact) mass is 354 g/mol. The molecule has 0 aliphatic carbocycles. The van der Waals surface area contributed by atoms with Crippen molar-refractivity contribution >= 4 is 18.0 Å². The van der Waals surface area contributed by atoms with Gasteiger partial charge in [0.15, 0.2) is 0 Å². The fraction of sp³-hybridized carbons (Fsp3) is 0.722. The standard InChI is InChI=1S/C18H30N2O5/c1-8-11-9-10-20(12(11)15(22)23)14(21)13(17(2,3)4)19-16(24)25-18(5,6)7/h8,11-13H,1,9-10H2,2-7H3,(H,19,24)(H,22,23)/t11-,12-,13+/m0/s1. The van der Waals surface area contributed by atoms with E-state index >= 15 is 0 Å². The lowest BCUT2D eigenvalue weighted by Gasteiger charge is -2.35. The zero-order valence-electron chi connectivity index (χ0n) is 16.0. The normalized spacial score (nSPS) is 22.2. The molecule has 1 aliphatic heterocycles. The van der Waals surface area contributed by atoms with Gasteiger partial charge in [0.05, 0.1) is 0 Å². The van der Waals surface area contributed by atoms with Crippen molar-refractivity contribution in [2.75, 3.05) is 6.54 Å². The van der Waals surface area contributed by atoms with Gasteiger partial charge in [0.1, 0.15) is 17.7 Å². The Morgan fingerprint density at radius 3 is 2.20 bits per heavy atom. The zero-order valence-corrected chi connectivity index (χ0v) is 16.0. The number of carbonyl (C=O) groups excluding carboxylic acids is 2. The molecule has 7 heteroatoms. The van der Waals surface area contributed by atoms with Crippen LogP contribution in [0.25, 0.3) is 0 Å². The number of hydrogen-bond acceptors (Lipinski definition) is 4. The summed E-state index contributed by atoms with van der Waals surface area (Å²) >= 11 is 0. The van der Waals surface area contributed by atoms with Crippen molar-refractivity contribution in [2.24, 2.45) is 11.3 Å². The molecule has 2 amide bonds. The number of carboxylic acids is 1. The molecule has 0 spiro atoms. The minimum atomic E-state index is -1.07. The molecule has 25 heavy (non-hydrogen) atoms. The average molecular weight is 354 g/mol. The van der Waals surface area contributed by atoms with Crippen LogP contribution in [0.1, 0.15) is 48.0 Å². The van der Waals surface area contributed by atoms with E-state index in [-0.39, 0.29) is 5.92 Å². The summed E-state index contributed by atoms with van der Waals surface area (Å²) in [5.74, 6) is -1.79. The van der Waals surface area contributed by atoms with Crippen LogP contribution in [0, 0.1) is 11.3 Å². The smallest absolute Gasteiger partial charge is 0.408 e. The zero-order chi connectivity index (χ0) is 19.6. The molecule has 1 aliphatic rings. The van der Waals surface area contributed by atoms with E-state index < -0.39 is 41.1 Å². The number of carbonyl (C=O) groups is 3. The third-order valence-electron chi connectivity index (χ3n) is 4.06. The first kappa shape index (κ1) is 21.0. The molecular weight excluding hydrogens is 324 g/mol. The van der Waals surface area contributed by atoms with Gasteiger partial charge in [-0.05, 0) is 32.6 Å². The van der Waals surface area contributed by atoms with E-state index in [9.17, 15) is 19.5 Å². The maximum Gasteiger partial charge on any atom is 0.408 e. The van der Waals surface area contributed by atoms with E-state index in [0.717, 1.165) is 0 Å². The third-order valence-corrected chi connectivity index (χ3v) is 4.06. The number of nitrogens with zero attached hydrogens (tertiary/aromatic N) is 1. The molecule has 0 aromatic rings. The van der Waals surface area contributed by atoms with Gasteiger partial charge in [-0.3, -0.25) is 4.79 Å². The van der Waals surface area contributed by atoms with Crippen LogP contribution in [0.15, 0.2) is 12.7 Å². The van der Waals surface area contributed by atoms with Crippen LogP contribution in [0.3, 0.4) is 0 Å². The quantitative estimate of drug-likeness (QED) is 0.756. The number of alkyl carbamates (subject to hydrolysis) is 1. The largest absolute Gasteiger partial charge is 0.480 e.